The van der Waals surface area contributed by atoms with Crippen molar-refractivity contribution in [3.63, 3.8) is 0 Å². The van der Waals surface area contributed by atoms with E-state index in [-0.39, 0.29) is 22.6 Å². The lowest BCUT2D eigenvalue weighted by Gasteiger charge is -2.25. The molecule has 7 heteroatoms. The first-order chi connectivity index (χ1) is 13.9. The summed E-state index contributed by atoms with van der Waals surface area (Å²) in [5, 5.41) is 0.641. The van der Waals surface area contributed by atoms with Gasteiger partial charge in [0, 0.05) is 29.7 Å². The molecular weight excluding hydrogens is 394 g/mol. The van der Waals surface area contributed by atoms with Gasteiger partial charge in [-0.25, -0.2) is 4.79 Å². The molecule has 0 aliphatic rings. The quantitative estimate of drug-likeness (QED) is 0.565. The fraction of sp³-hybridized carbons (Fsp3) is 0.227. The summed E-state index contributed by atoms with van der Waals surface area (Å²) in [6.07, 6.45) is -1.14. The Morgan fingerprint density at radius 1 is 1.07 bits per heavy atom. The summed E-state index contributed by atoms with van der Waals surface area (Å²) in [6.45, 7) is 4.64. The van der Waals surface area contributed by atoms with E-state index in [9.17, 15) is 14.4 Å². The van der Waals surface area contributed by atoms with Crippen molar-refractivity contribution >= 4 is 34.4 Å². The molecule has 1 heterocycles. The molecular formula is C22H20ClNO5. The second-order valence-corrected chi connectivity index (χ2v) is 6.76. The van der Waals surface area contributed by atoms with E-state index >= 15 is 0 Å². The number of rotatable bonds is 6. The maximum Gasteiger partial charge on any atom is 0.375 e. The van der Waals surface area contributed by atoms with Crippen molar-refractivity contribution in [1.82, 2.24) is 4.90 Å². The van der Waals surface area contributed by atoms with Gasteiger partial charge in [-0.3, -0.25) is 9.59 Å². The Hall–Kier alpha value is -3.12. The molecule has 0 unspecified atom stereocenters. The summed E-state index contributed by atoms with van der Waals surface area (Å²) in [5.74, 6) is -1.52. The highest BCUT2D eigenvalue weighted by Gasteiger charge is 2.29. The minimum atomic E-state index is -1.14. The zero-order valence-electron chi connectivity index (χ0n) is 16.1. The molecule has 150 valence electrons. The van der Waals surface area contributed by atoms with Crippen molar-refractivity contribution < 1.29 is 18.7 Å². The Balaban J connectivity index is 1.96. The zero-order chi connectivity index (χ0) is 21.0. The van der Waals surface area contributed by atoms with Gasteiger partial charge >= 0.3 is 5.97 Å². The van der Waals surface area contributed by atoms with E-state index in [1.807, 2.05) is 13.8 Å². The monoisotopic (exact) mass is 413 g/mol. The second-order valence-electron chi connectivity index (χ2n) is 6.32. The molecule has 0 radical (unpaired) electrons. The van der Waals surface area contributed by atoms with Crippen LogP contribution in [-0.2, 0) is 9.53 Å². The topological polar surface area (TPSA) is 76.8 Å². The SMILES string of the molecule is CCN(CC)C(=O)[C@H](OC(=O)c1cc(=O)c2cc(Cl)ccc2o1)c1ccccc1. The average molecular weight is 414 g/mol. The van der Waals surface area contributed by atoms with E-state index in [0.29, 0.717) is 23.7 Å². The van der Waals surface area contributed by atoms with Crippen molar-refractivity contribution in [2.75, 3.05) is 13.1 Å². The van der Waals surface area contributed by atoms with Gasteiger partial charge in [-0.1, -0.05) is 41.9 Å². The van der Waals surface area contributed by atoms with Gasteiger partial charge in [0.15, 0.2) is 5.43 Å². The third-order valence-corrected chi connectivity index (χ3v) is 4.75. The minimum absolute atomic E-state index is 0.209. The molecule has 2 aromatic carbocycles. The maximum atomic E-state index is 12.9. The third kappa shape index (κ3) is 4.49. The van der Waals surface area contributed by atoms with Crippen molar-refractivity contribution in [2.45, 2.75) is 20.0 Å². The number of amides is 1. The highest BCUT2D eigenvalue weighted by Crippen LogP contribution is 2.23. The fourth-order valence-corrected chi connectivity index (χ4v) is 3.16. The number of benzene rings is 2. The first-order valence-corrected chi connectivity index (χ1v) is 9.60. The molecule has 0 aliphatic heterocycles. The van der Waals surface area contributed by atoms with Gasteiger partial charge < -0.3 is 14.1 Å². The summed E-state index contributed by atoms with van der Waals surface area (Å²) in [4.78, 5) is 39.6. The first kappa shape index (κ1) is 20.6. The Bertz CT molecular complexity index is 1090. The number of likely N-dealkylation sites (N-methyl/N-ethyl adjacent to an activating group) is 1. The highest BCUT2D eigenvalue weighted by molar-refractivity contribution is 6.31. The molecule has 0 aliphatic carbocycles. The molecule has 1 atom stereocenters. The van der Waals surface area contributed by atoms with Crippen LogP contribution in [0.4, 0.5) is 0 Å². The van der Waals surface area contributed by atoms with Gasteiger partial charge in [0.2, 0.25) is 11.9 Å². The van der Waals surface area contributed by atoms with Gasteiger partial charge in [0.1, 0.15) is 5.58 Å². The maximum absolute atomic E-state index is 12.9. The molecule has 3 rings (SSSR count). The number of ether oxygens (including phenoxy) is 1. The molecule has 3 aromatic rings. The Kier molecular flexibility index (Phi) is 6.34. The number of nitrogens with zero attached hydrogens (tertiary/aromatic N) is 1. The molecule has 1 aromatic heterocycles. The summed E-state index contributed by atoms with van der Waals surface area (Å²) in [7, 11) is 0. The number of carbonyl (C=O) groups is 2. The highest BCUT2D eigenvalue weighted by atomic mass is 35.5. The van der Waals surface area contributed by atoms with Crippen molar-refractivity contribution in [1.29, 1.82) is 0 Å². The van der Waals surface area contributed by atoms with Crippen LogP contribution < -0.4 is 5.43 Å². The van der Waals surface area contributed by atoms with Crippen LogP contribution in [0.25, 0.3) is 11.0 Å². The third-order valence-electron chi connectivity index (χ3n) is 4.52. The lowest BCUT2D eigenvalue weighted by Crippen LogP contribution is -2.36. The summed E-state index contributed by atoms with van der Waals surface area (Å²) in [5.41, 5.74) is 0.319. The number of hydrogen-bond acceptors (Lipinski definition) is 5. The van der Waals surface area contributed by atoms with E-state index in [2.05, 4.69) is 0 Å². The molecule has 0 saturated carbocycles. The summed E-state index contributed by atoms with van der Waals surface area (Å²) in [6, 6.07) is 14.3. The van der Waals surface area contributed by atoms with Gasteiger partial charge in [-0.2, -0.15) is 0 Å². The zero-order valence-corrected chi connectivity index (χ0v) is 16.8. The van der Waals surface area contributed by atoms with Crippen LogP contribution in [0.5, 0.6) is 0 Å². The largest absolute Gasteiger partial charge is 0.449 e. The van der Waals surface area contributed by atoms with Crippen LogP contribution >= 0.6 is 11.6 Å². The Labute approximate surface area is 172 Å². The number of fused-ring (bicyclic) bond motifs is 1. The van der Waals surface area contributed by atoms with Crippen LogP contribution in [0.15, 0.2) is 63.8 Å². The van der Waals surface area contributed by atoms with E-state index in [1.54, 1.807) is 41.3 Å². The number of halogens is 1. The molecule has 0 fully saturated rings. The van der Waals surface area contributed by atoms with Crippen LogP contribution in [-0.4, -0.2) is 29.9 Å². The van der Waals surface area contributed by atoms with Gasteiger partial charge in [-0.15, -0.1) is 0 Å². The van der Waals surface area contributed by atoms with Gasteiger partial charge in [0.05, 0.1) is 5.39 Å². The van der Waals surface area contributed by atoms with Crippen molar-refractivity contribution in [3.8, 4) is 0 Å². The molecule has 6 nitrogen and oxygen atoms in total. The van der Waals surface area contributed by atoms with E-state index in [1.165, 1.54) is 12.1 Å². The number of carbonyl (C=O) groups excluding carboxylic acids is 2. The Morgan fingerprint density at radius 3 is 2.41 bits per heavy atom. The average Bonchev–Trinajstić information content (AvgIpc) is 2.73. The van der Waals surface area contributed by atoms with Crippen LogP contribution in [0, 0.1) is 0 Å². The van der Waals surface area contributed by atoms with Crippen LogP contribution in [0.3, 0.4) is 0 Å². The molecule has 0 N–H and O–H groups in total. The van der Waals surface area contributed by atoms with Gasteiger partial charge in [-0.05, 0) is 32.0 Å². The molecule has 1 amide bonds. The molecule has 0 saturated heterocycles. The molecule has 29 heavy (non-hydrogen) atoms. The lowest BCUT2D eigenvalue weighted by molar-refractivity contribution is -0.140. The Morgan fingerprint density at radius 2 is 1.76 bits per heavy atom. The van der Waals surface area contributed by atoms with Crippen LogP contribution in [0.2, 0.25) is 5.02 Å². The van der Waals surface area contributed by atoms with E-state index < -0.39 is 17.5 Å². The first-order valence-electron chi connectivity index (χ1n) is 9.22. The normalized spacial score (nSPS) is 11.8. The van der Waals surface area contributed by atoms with Crippen molar-refractivity contribution in [2.24, 2.45) is 0 Å². The summed E-state index contributed by atoms with van der Waals surface area (Å²) >= 11 is 5.91. The number of hydrogen-bond donors (Lipinski definition) is 0. The molecule has 0 spiro atoms. The van der Waals surface area contributed by atoms with Crippen molar-refractivity contribution in [3.05, 3.63) is 81.2 Å². The fourth-order valence-electron chi connectivity index (χ4n) is 2.98. The predicted molar refractivity (Wildman–Crippen MR) is 110 cm³/mol. The summed E-state index contributed by atoms with van der Waals surface area (Å²) < 4.78 is 11.0. The standard InChI is InChI=1S/C22H20ClNO5/c1-3-24(4-2)21(26)20(14-8-6-5-7-9-14)29-22(27)19-13-17(25)16-12-15(23)10-11-18(16)28-19/h5-13,20H,3-4H2,1-2H3/t20-/m1/s1. The van der Waals surface area contributed by atoms with Crippen LogP contribution in [0.1, 0.15) is 36.1 Å². The predicted octanol–water partition coefficient (Wildman–Crippen LogP) is 4.21. The van der Waals surface area contributed by atoms with E-state index in [0.717, 1.165) is 6.07 Å². The smallest absolute Gasteiger partial charge is 0.375 e. The molecule has 0 bridgehead atoms. The minimum Gasteiger partial charge on any atom is -0.449 e. The lowest BCUT2D eigenvalue weighted by atomic mass is 10.1. The van der Waals surface area contributed by atoms with Gasteiger partial charge in [0.25, 0.3) is 5.91 Å². The number of esters is 1. The van der Waals surface area contributed by atoms with E-state index in [4.69, 9.17) is 20.8 Å². The second kappa shape index (κ2) is 8.92.